The Hall–Kier alpha value is -1.69. The van der Waals surface area contributed by atoms with E-state index >= 15 is 0 Å². The van der Waals surface area contributed by atoms with Gasteiger partial charge in [0.2, 0.25) is 0 Å². The number of carbonyl (C=O) groups is 1. The van der Waals surface area contributed by atoms with Gasteiger partial charge in [0.15, 0.2) is 0 Å². The largest absolute Gasteiger partial charge is 0.347 e. The first-order chi connectivity index (χ1) is 7.27. The minimum Gasteiger partial charge on any atom is -0.347 e. The van der Waals surface area contributed by atoms with E-state index in [1.165, 1.54) is 11.3 Å². The number of H-pyrrole nitrogens is 1. The minimum atomic E-state index is -0.130. The highest BCUT2D eigenvalue weighted by atomic mass is 32.1. The van der Waals surface area contributed by atoms with Crippen molar-refractivity contribution in [2.45, 2.75) is 13.0 Å². The van der Waals surface area contributed by atoms with Gasteiger partial charge in [-0.1, -0.05) is 0 Å². The van der Waals surface area contributed by atoms with E-state index < -0.39 is 0 Å². The van der Waals surface area contributed by atoms with Gasteiger partial charge in [-0.3, -0.25) is 9.78 Å². The number of rotatable bonds is 3. The third kappa shape index (κ3) is 2.21. The predicted molar refractivity (Wildman–Crippen MR) is 56.6 cm³/mol. The van der Waals surface area contributed by atoms with E-state index in [2.05, 4.69) is 20.3 Å². The second-order valence-electron chi connectivity index (χ2n) is 3.04. The lowest BCUT2D eigenvalue weighted by molar-refractivity contribution is 0.0942. The standard InChI is InChI=1S/C9H10N4OS/c1-6(8-11-2-3-12-8)13-9(14)7-4-10-5-15-7/h2-6H,1H3,(H,11,12)(H,13,14). The number of hydrogen-bond acceptors (Lipinski definition) is 4. The lowest BCUT2D eigenvalue weighted by atomic mass is 10.3. The summed E-state index contributed by atoms with van der Waals surface area (Å²) in [6, 6.07) is -0.130. The van der Waals surface area contributed by atoms with Gasteiger partial charge >= 0.3 is 0 Å². The van der Waals surface area contributed by atoms with Crippen LogP contribution in [0.5, 0.6) is 0 Å². The molecule has 15 heavy (non-hydrogen) atoms. The molecule has 0 aliphatic rings. The summed E-state index contributed by atoms with van der Waals surface area (Å²) in [4.78, 5) is 23.1. The van der Waals surface area contributed by atoms with Crippen LogP contribution in [-0.2, 0) is 0 Å². The molecule has 0 bridgehead atoms. The molecule has 0 spiro atoms. The second-order valence-corrected chi connectivity index (χ2v) is 3.92. The molecule has 5 nitrogen and oxygen atoms in total. The van der Waals surface area contributed by atoms with Gasteiger partial charge < -0.3 is 10.3 Å². The van der Waals surface area contributed by atoms with Crippen LogP contribution in [0.1, 0.15) is 28.5 Å². The van der Waals surface area contributed by atoms with E-state index in [1.807, 2.05) is 6.92 Å². The molecule has 0 aliphatic heterocycles. The molecule has 78 valence electrons. The fourth-order valence-electron chi connectivity index (χ4n) is 1.18. The molecule has 6 heteroatoms. The Bertz CT molecular complexity index is 423. The van der Waals surface area contributed by atoms with Crippen molar-refractivity contribution in [3.63, 3.8) is 0 Å². The molecule has 0 aromatic carbocycles. The van der Waals surface area contributed by atoms with Crippen molar-refractivity contribution in [2.75, 3.05) is 0 Å². The van der Waals surface area contributed by atoms with Crippen LogP contribution in [0.4, 0.5) is 0 Å². The molecule has 0 aliphatic carbocycles. The van der Waals surface area contributed by atoms with E-state index in [1.54, 1.807) is 24.1 Å². The Morgan fingerprint density at radius 3 is 3.13 bits per heavy atom. The highest BCUT2D eigenvalue weighted by molar-refractivity contribution is 7.11. The summed E-state index contributed by atoms with van der Waals surface area (Å²) in [5, 5.41) is 2.82. The van der Waals surface area contributed by atoms with Crippen LogP contribution in [0.3, 0.4) is 0 Å². The van der Waals surface area contributed by atoms with Crippen LogP contribution in [0.25, 0.3) is 0 Å². The van der Waals surface area contributed by atoms with Gasteiger partial charge in [-0.15, -0.1) is 11.3 Å². The molecule has 1 unspecified atom stereocenters. The quantitative estimate of drug-likeness (QED) is 0.823. The molecule has 0 radical (unpaired) electrons. The third-order valence-electron chi connectivity index (χ3n) is 1.93. The average molecular weight is 222 g/mol. The summed E-state index contributed by atoms with van der Waals surface area (Å²) < 4.78 is 0. The molecule has 1 atom stereocenters. The zero-order valence-electron chi connectivity index (χ0n) is 8.10. The van der Waals surface area contributed by atoms with E-state index in [4.69, 9.17) is 0 Å². The number of aromatic nitrogens is 3. The summed E-state index contributed by atoms with van der Waals surface area (Å²) in [5.74, 6) is 0.620. The first-order valence-electron chi connectivity index (χ1n) is 4.46. The maximum atomic E-state index is 11.6. The fourth-order valence-corrected chi connectivity index (χ4v) is 1.70. The normalized spacial score (nSPS) is 12.3. The van der Waals surface area contributed by atoms with E-state index in [-0.39, 0.29) is 11.9 Å². The Morgan fingerprint density at radius 2 is 2.53 bits per heavy atom. The predicted octanol–water partition coefficient (Wildman–Crippen LogP) is 1.36. The molecule has 0 saturated heterocycles. The first-order valence-corrected chi connectivity index (χ1v) is 5.34. The molecule has 0 saturated carbocycles. The van der Waals surface area contributed by atoms with Gasteiger partial charge in [-0.2, -0.15) is 0 Å². The van der Waals surface area contributed by atoms with Crippen molar-refractivity contribution < 1.29 is 4.79 Å². The summed E-state index contributed by atoms with van der Waals surface area (Å²) in [6.45, 7) is 1.87. The number of carbonyl (C=O) groups excluding carboxylic acids is 1. The van der Waals surface area contributed by atoms with Crippen LogP contribution in [0.2, 0.25) is 0 Å². The number of nitrogens with zero attached hydrogens (tertiary/aromatic N) is 2. The van der Waals surface area contributed by atoms with Gasteiger partial charge in [0.05, 0.1) is 17.7 Å². The molecule has 1 amide bonds. The van der Waals surface area contributed by atoms with Crippen molar-refractivity contribution in [1.29, 1.82) is 0 Å². The lowest BCUT2D eigenvalue weighted by Crippen LogP contribution is -2.26. The number of thiazole rings is 1. The van der Waals surface area contributed by atoms with Crippen LogP contribution in [0.15, 0.2) is 24.1 Å². The van der Waals surface area contributed by atoms with Crippen LogP contribution < -0.4 is 5.32 Å². The second kappa shape index (κ2) is 4.22. The number of nitrogens with one attached hydrogen (secondary N) is 2. The Morgan fingerprint density at radius 1 is 1.67 bits per heavy atom. The average Bonchev–Trinajstić information content (AvgIpc) is 2.91. The molecule has 2 rings (SSSR count). The highest BCUT2D eigenvalue weighted by Crippen LogP contribution is 2.09. The maximum absolute atomic E-state index is 11.6. The minimum absolute atomic E-state index is 0.124. The van der Waals surface area contributed by atoms with Crippen molar-refractivity contribution in [1.82, 2.24) is 20.3 Å². The van der Waals surface area contributed by atoms with E-state index in [0.29, 0.717) is 4.88 Å². The molecular formula is C9H10N4OS. The number of amides is 1. The molecule has 2 heterocycles. The summed E-state index contributed by atoms with van der Waals surface area (Å²) in [5.41, 5.74) is 1.63. The van der Waals surface area contributed by atoms with Gasteiger partial charge in [-0.25, -0.2) is 4.98 Å². The molecule has 2 aromatic heterocycles. The van der Waals surface area contributed by atoms with Crippen molar-refractivity contribution in [3.05, 3.63) is 34.8 Å². The summed E-state index contributed by atoms with van der Waals surface area (Å²) in [7, 11) is 0. The maximum Gasteiger partial charge on any atom is 0.263 e. The zero-order chi connectivity index (χ0) is 10.7. The van der Waals surface area contributed by atoms with Gasteiger partial charge in [0, 0.05) is 12.4 Å². The Kier molecular flexibility index (Phi) is 2.77. The van der Waals surface area contributed by atoms with Crippen molar-refractivity contribution in [3.8, 4) is 0 Å². The lowest BCUT2D eigenvalue weighted by Gasteiger charge is -2.09. The summed E-state index contributed by atoms with van der Waals surface area (Å²) >= 11 is 1.32. The number of hydrogen-bond donors (Lipinski definition) is 2. The third-order valence-corrected chi connectivity index (χ3v) is 2.71. The van der Waals surface area contributed by atoms with Crippen LogP contribution in [0, 0.1) is 0 Å². The topological polar surface area (TPSA) is 70.7 Å². The Labute approximate surface area is 90.6 Å². The smallest absolute Gasteiger partial charge is 0.263 e. The van der Waals surface area contributed by atoms with E-state index in [9.17, 15) is 4.79 Å². The molecule has 0 fully saturated rings. The van der Waals surface area contributed by atoms with Gasteiger partial charge in [-0.05, 0) is 6.92 Å². The van der Waals surface area contributed by atoms with Crippen LogP contribution in [-0.4, -0.2) is 20.9 Å². The zero-order valence-corrected chi connectivity index (χ0v) is 8.91. The Balaban J connectivity index is 2.01. The first kappa shape index (κ1) is 9.85. The van der Waals surface area contributed by atoms with Crippen LogP contribution >= 0.6 is 11.3 Å². The van der Waals surface area contributed by atoms with Crippen molar-refractivity contribution >= 4 is 17.2 Å². The molecule has 2 aromatic rings. The van der Waals surface area contributed by atoms with Gasteiger partial charge in [0.25, 0.3) is 5.91 Å². The molecule has 2 N–H and O–H groups in total. The number of aromatic amines is 1. The van der Waals surface area contributed by atoms with E-state index in [0.717, 1.165) is 5.82 Å². The van der Waals surface area contributed by atoms with Crippen molar-refractivity contribution in [2.24, 2.45) is 0 Å². The fraction of sp³-hybridized carbons (Fsp3) is 0.222. The monoisotopic (exact) mass is 222 g/mol. The van der Waals surface area contributed by atoms with Gasteiger partial charge in [0.1, 0.15) is 10.7 Å². The molecular weight excluding hydrogens is 212 g/mol. The SMILES string of the molecule is CC(NC(=O)c1cncs1)c1ncc[nH]1. The highest BCUT2D eigenvalue weighted by Gasteiger charge is 2.13. The number of imidazole rings is 1. The summed E-state index contributed by atoms with van der Waals surface area (Å²) in [6.07, 6.45) is 4.93.